The summed E-state index contributed by atoms with van der Waals surface area (Å²) in [5.74, 6) is -3.07. The predicted octanol–water partition coefficient (Wildman–Crippen LogP) is 1.91. The highest BCUT2D eigenvalue weighted by Crippen LogP contribution is 2.54. The quantitative estimate of drug-likeness (QED) is 0.442. The van der Waals surface area contributed by atoms with Gasteiger partial charge in [0.25, 0.3) is 5.92 Å². The SMILES string of the molecule is CC1[C@@H](C)C1(F)F. The second kappa shape index (κ2) is 0.984. The molecule has 1 saturated carbocycles. The van der Waals surface area contributed by atoms with E-state index in [-0.39, 0.29) is 11.8 Å². The van der Waals surface area contributed by atoms with Gasteiger partial charge in [-0.2, -0.15) is 0 Å². The molecule has 42 valence electrons. The lowest BCUT2D eigenvalue weighted by Gasteiger charge is -1.84. The van der Waals surface area contributed by atoms with E-state index >= 15 is 0 Å². The first kappa shape index (κ1) is 5.01. The van der Waals surface area contributed by atoms with E-state index in [0.717, 1.165) is 0 Å². The summed E-state index contributed by atoms with van der Waals surface area (Å²) in [6.45, 7) is 3.15. The van der Waals surface area contributed by atoms with Crippen molar-refractivity contribution in [2.24, 2.45) is 11.8 Å². The highest BCUT2D eigenvalue weighted by atomic mass is 19.3. The molecule has 0 amide bonds. The molecule has 1 rings (SSSR count). The summed E-state index contributed by atoms with van der Waals surface area (Å²) < 4.78 is 23.8. The Morgan fingerprint density at radius 1 is 1.14 bits per heavy atom. The zero-order valence-corrected chi connectivity index (χ0v) is 4.41. The molecule has 1 aliphatic carbocycles. The van der Waals surface area contributed by atoms with Gasteiger partial charge in [0.2, 0.25) is 0 Å². The third-order valence-electron chi connectivity index (χ3n) is 1.86. The fraction of sp³-hybridized carbons (Fsp3) is 1.00. The number of rotatable bonds is 0. The lowest BCUT2D eigenvalue weighted by molar-refractivity contribution is 0.0892. The van der Waals surface area contributed by atoms with Crippen LogP contribution in [0, 0.1) is 11.8 Å². The van der Waals surface area contributed by atoms with Gasteiger partial charge in [0.15, 0.2) is 0 Å². The summed E-state index contributed by atoms with van der Waals surface area (Å²) in [5, 5.41) is 0. The van der Waals surface area contributed by atoms with E-state index in [0.29, 0.717) is 0 Å². The Bertz CT molecular complexity index is 78.1. The number of alkyl halides is 2. The Balaban J connectivity index is 2.52. The molecule has 1 fully saturated rings. The normalized spacial score (nSPS) is 46.3. The van der Waals surface area contributed by atoms with Crippen LogP contribution in [0.4, 0.5) is 8.78 Å². The molecule has 0 N–H and O–H groups in total. The summed E-state index contributed by atoms with van der Waals surface area (Å²) in [7, 11) is 0. The summed E-state index contributed by atoms with van der Waals surface area (Å²) in [5.41, 5.74) is 0. The van der Waals surface area contributed by atoms with Gasteiger partial charge in [0.05, 0.1) is 0 Å². The molecule has 0 heterocycles. The highest BCUT2D eigenvalue weighted by Gasteiger charge is 2.62. The van der Waals surface area contributed by atoms with Crippen LogP contribution in [0.1, 0.15) is 13.8 Å². The van der Waals surface area contributed by atoms with E-state index in [1.807, 2.05) is 0 Å². The van der Waals surface area contributed by atoms with Crippen molar-refractivity contribution in [3.8, 4) is 0 Å². The second-order valence-electron chi connectivity index (χ2n) is 2.25. The first-order chi connectivity index (χ1) is 3.07. The van der Waals surface area contributed by atoms with Gasteiger partial charge in [0, 0.05) is 11.8 Å². The Hall–Kier alpha value is -0.140. The Morgan fingerprint density at radius 2 is 1.29 bits per heavy atom. The van der Waals surface area contributed by atoms with Crippen LogP contribution < -0.4 is 0 Å². The molecule has 0 aromatic rings. The zero-order chi connectivity index (χ0) is 5.65. The third kappa shape index (κ3) is 0.455. The van der Waals surface area contributed by atoms with Gasteiger partial charge in [-0.3, -0.25) is 0 Å². The van der Waals surface area contributed by atoms with Crippen LogP contribution in [-0.4, -0.2) is 5.92 Å². The van der Waals surface area contributed by atoms with E-state index in [1.165, 1.54) is 0 Å². The minimum absolute atomic E-state index is 0.368. The minimum Gasteiger partial charge on any atom is -0.206 e. The third-order valence-corrected chi connectivity index (χ3v) is 1.86. The van der Waals surface area contributed by atoms with Gasteiger partial charge in [-0.25, -0.2) is 8.78 Å². The molecule has 0 radical (unpaired) electrons. The Morgan fingerprint density at radius 3 is 1.29 bits per heavy atom. The van der Waals surface area contributed by atoms with Crippen LogP contribution in [0.3, 0.4) is 0 Å². The number of hydrogen-bond donors (Lipinski definition) is 0. The fourth-order valence-electron chi connectivity index (χ4n) is 0.674. The zero-order valence-electron chi connectivity index (χ0n) is 4.41. The van der Waals surface area contributed by atoms with Gasteiger partial charge < -0.3 is 0 Å². The second-order valence-corrected chi connectivity index (χ2v) is 2.25. The first-order valence-electron chi connectivity index (χ1n) is 2.44. The lowest BCUT2D eigenvalue weighted by Crippen LogP contribution is -1.90. The van der Waals surface area contributed by atoms with Gasteiger partial charge in [-0.05, 0) is 0 Å². The number of hydrogen-bond acceptors (Lipinski definition) is 0. The lowest BCUT2D eigenvalue weighted by atomic mass is 10.4. The molecular formula is C5H8F2. The number of halogens is 2. The summed E-state index contributed by atoms with van der Waals surface area (Å²) in [6, 6.07) is 0. The van der Waals surface area contributed by atoms with Crippen LogP contribution in [0.2, 0.25) is 0 Å². The fourth-order valence-corrected chi connectivity index (χ4v) is 0.674. The van der Waals surface area contributed by atoms with Crippen molar-refractivity contribution in [3.05, 3.63) is 0 Å². The first-order valence-corrected chi connectivity index (χ1v) is 2.44. The molecule has 7 heavy (non-hydrogen) atoms. The molecule has 0 aromatic heterocycles. The van der Waals surface area contributed by atoms with E-state index in [4.69, 9.17) is 0 Å². The maximum atomic E-state index is 11.9. The van der Waals surface area contributed by atoms with Crippen molar-refractivity contribution >= 4 is 0 Å². The van der Waals surface area contributed by atoms with Crippen molar-refractivity contribution < 1.29 is 8.78 Å². The highest BCUT2D eigenvalue weighted by molar-refractivity contribution is 4.99. The van der Waals surface area contributed by atoms with Gasteiger partial charge in [-0.15, -0.1) is 0 Å². The average molecular weight is 106 g/mol. The van der Waals surface area contributed by atoms with Crippen molar-refractivity contribution in [1.29, 1.82) is 0 Å². The van der Waals surface area contributed by atoms with E-state index in [2.05, 4.69) is 0 Å². The molecule has 2 atom stereocenters. The monoisotopic (exact) mass is 106 g/mol. The van der Waals surface area contributed by atoms with Crippen molar-refractivity contribution in [2.75, 3.05) is 0 Å². The van der Waals surface area contributed by atoms with Crippen molar-refractivity contribution in [2.45, 2.75) is 19.8 Å². The molecule has 2 heteroatoms. The van der Waals surface area contributed by atoms with Crippen LogP contribution in [-0.2, 0) is 0 Å². The molecule has 0 saturated heterocycles. The molecule has 1 aliphatic rings. The van der Waals surface area contributed by atoms with Crippen LogP contribution >= 0.6 is 0 Å². The largest absolute Gasteiger partial charge is 0.254 e. The summed E-state index contributed by atoms with van der Waals surface area (Å²) in [6.07, 6.45) is 0. The van der Waals surface area contributed by atoms with Crippen LogP contribution in [0.5, 0.6) is 0 Å². The van der Waals surface area contributed by atoms with Gasteiger partial charge >= 0.3 is 0 Å². The van der Waals surface area contributed by atoms with Crippen molar-refractivity contribution in [3.63, 3.8) is 0 Å². The van der Waals surface area contributed by atoms with Gasteiger partial charge in [0.1, 0.15) is 0 Å². The predicted molar refractivity (Wildman–Crippen MR) is 23.3 cm³/mol. The van der Waals surface area contributed by atoms with E-state index in [9.17, 15) is 8.78 Å². The molecular weight excluding hydrogens is 98.1 g/mol. The molecule has 0 aromatic carbocycles. The standard InChI is InChI=1S/C5H8F2/c1-3-4(2)5(3,6)7/h3-4H,1-2H3/t3-,4?/m1/s1. The van der Waals surface area contributed by atoms with Crippen LogP contribution in [0.15, 0.2) is 0 Å². The van der Waals surface area contributed by atoms with Crippen LogP contribution in [0.25, 0.3) is 0 Å². The Kier molecular flexibility index (Phi) is 0.704. The molecule has 1 unspecified atom stereocenters. The van der Waals surface area contributed by atoms with E-state index < -0.39 is 5.92 Å². The van der Waals surface area contributed by atoms with Crippen molar-refractivity contribution in [1.82, 2.24) is 0 Å². The minimum atomic E-state index is -2.33. The smallest absolute Gasteiger partial charge is 0.206 e. The summed E-state index contributed by atoms with van der Waals surface area (Å²) in [4.78, 5) is 0. The molecule has 0 bridgehead atoms. The topological polar surface area (TPSA) is 0 Å². The van der Waals surface area contributed by atoms with E-state index in [1.54, 1.807) is 13.8 Å². The Labute approximate surface area is 41.5 Å². The molecule has 0 nitrogen and oxygen atoms in total. The average Bonchev–Trinajstić information content (AvgIpc) is 1.91. The maximum Gasteiger partial charge on any atom is 0.254 e. The summed E-state index contributed by atoms with van der Waals surface area (Å²) >= 11 is 0. The van der Waals surface area contributed by atoms with Gasteiger partial charge in [-0.1, -0.05) is 13.8 Å². The maximum absolute atomic E-state index is 11.9. The molecule has 0 aliphatic heterocycles. The molecule has 0 spiro atoms.